The van der Waals surface area contributed by atoms with Gasteiger partial charge in [-0.1, -0.05) is 26.7 Å². The first-order chi connectivity index (χ1) is 8.13. The van der Waals surface area contributed by atoms with E-state index in [4.69, 9.17) is 9.47 Å². The molecule has 1 unspecified atom stereocenters. The SMILES string of the molecule is COC(=O)C(COCC1CCCC1)NC(C)C. The molecule has 0 aliphatic heterocycles. The fourth-order valence-electron chi connectivity index (χ4n) is 2.26. The van der Waals surface area contributed by atoms with Gasteiger partial charge in [0.1, 0.15) is 6.04 Å². The highest BCUT2D eigenvalue weighted by molar-refractivity contribution is 5.75. The lowest BCUT2D eigenvalue weighted by Gasteiger charge is -2.20. The standard InChI is InChI=1S/C13H25NO3/c1-10(2)14-12(13(15)16-3)9-17-8-11-6-4-5-7-11/h10-12,14H,4-9H2,1-3H3. The first kappa shape index (κ1) is 14.5. The molecule has 0 radical (unpaired) electrons. The molecule has 0 bridgehead atoms. The van der Waals surface area contributed by atoms with E-state index in [1.807, 2.05) is 13.8 Å². The summed E-state index contributed by atoms with van der Waals surface area (Å²) in [6.07, 6.45) is 5.17. The van der Waals surface area contributed by atoms with Gasteiger partial charge >= 0.3 is 5.97 Å². The van der Waals surface area contributed by atoms with Crippen molar-refractivity contribution >= 4 is 5.97 Å². The monoisotopic (exact) mass is 243 g/mol. The van der Waals surface area contributed by atoms with Crippen LogP contribution in [0.2, 0.25) is 0 Å². The Bertz CT molecular complexity index is 225. The van der Waals surface area contributed by atoms with E-state index in [0.717, 1.165) is 6.61 Å². The fourth-order valence-corrected chi connectivity index (χ4v) is 2.26. The summed E-state index contributed by atoms with van der Waals surface area (Å²) in [5.74, 6) is 0.442. The number of ether oxygens (including phenoxy) is 2. The number of carbonyl (C=O) groups excluding carboxylic acids is 1. The Morgan fingerprint density at radius 3 is 2.53 bits per heavy atom. The molecule has 17 heavy (non-hydrogen) atoms. The molecule has 0 saturated heterocycles. The number of nitrogens with one attached hydrogen (secondary N) is 1. The second kappa shape index (κ2) is 7.67. The summed E-state index contributed by atoms with van der Waals surface area (Å²) in [6.45, 7) is 5.19. The van der Waals surface area contributed by atoms with Crippen LogP contribution < -0.4 is 5.32 Å². The molecule has 0 spiro atoms. The van der Waals surface area contributed by atoms with E-state index in [0.29, 0.717) is 12.5 Å². The Morgan fingerprint density at radius 1 is 1.35 bits per heavy atom. The minimum atomic E-state index is -0.346. The zero-order valence-electron chi connectivity index (χ0n) is 11.2. The summed E-state index contributed by atoms with van der Waals surface area (Å²) in [4.78, 5) is 11.5. The third-order valence-electron chi connectivity index (χ3n) is 3.13. The molecular formula is C13H25NO3. The lowest BCUT2D eigenvalue weighted by Crippen LogP contribution is -2.45. The highest BCUT2D eigenvalue weighted by Crippen LogP contribution is 2.24. The van der Waals surface area contributed by atoms with Gasteiger partial charge in [-0.15, -0.1) is 0 Å². The molecule has 1 rings (SSSR count). The first-order valence-corrected chi connectivity index (χ1v) is 6.55. The van der Waals surface area contributed by atoms with Gasteiger partial charge in [0.2, 0.25) is 0 Å². The van der Waals surface area contributed by atoms with Gasteiger partial charge in [0.25, 0.3) is 0 Å². The Labute approximate surface area is 104 Å². The summed E-state index contributed by atoms with van der Waals surface area (Å²) in [6, 6.07) is -0.101. The minimum Gasteiger partial charge on any atom is -0.468 e. The van der Waals surface area contributed by atoms with Crippen molar-refractivity contribution in [1.29, 1.82) is 0 Å². The Morgan fingerprint density at radius 2 is 2.00 bits per heavy atom. The molecule has 0 aromatic carbocycles. The third-order valence-corrected chi connectivity index (χ3v) is 3.13. The smallest absolute Gasteiger partial charge is 0.325 e. The van der Waals surface area contributed by atoms with Crippen LogP contribution in [0.25, 0.3) is 0 Å². The summed E-state index contributed by atoms with van der Waals surface area (Å²) in [5, 5.41) is 3.16. The van der Waals surface area contributed by atoms with Crippen LogP contribution in [0.1, 0.15) is 39.5 Å². The predicted molar refractivity (Wildman–Crippen MR) is 66.9 cm³/mol. The van der Waals surface area contributed by atoms with Crippen LogP contribution in [0.3, 0.4) is 0 Å². The van der Waals surface area contributed by atoms with Crippen molar-refractivity contribution in [2.24, 2.45) is 5.92 Å². The molecule has 0 amide bonds. The van der Waals surface area contributed by atoms with E-state index < -0.39 is 0 Å². The van der Waals surface area contributed by atoms with Crippen LogP contribution in [0.5, 0.6) is 0 Å². The summed E-state index contributed by atoms with van der Waals surface area (Å²) >= 11 is 0. The topological polar surface area (TPSA) is 47.6 Å². The highest BCUT2D eigenvalue weighted by Gasteiger charge is 2.21. The van der Waals surface area contributed by atoms with E-state index in [-0.39, 0.29) is 18.1 Å². The van der Waals surface area contributed by atoms with E-state index >= 15 is 0 Å². The number of methoxy groups -OCH3 is 1. The minimum absolute atomic E-state index is 0.245. The summed E-state index contributed by atoms with van der Waals surface area (Å²) < 4.78 is 10.4. The van der Waals surface area contributed by atoms with E-state index in [2.05, 4.69) is 5.32 Å². The van der Waals surface area contributed by atoms with Crippen LogP contribution in [0, 0.1) is 5.92 Å². The molecule has 1 saturated carbocycles. The van der Waals surface area contributed by atoms with Crippen molar-refractivity contribution in [3.63, 3.8) is 0 Å². The molecule has 0 heterocycles. The predicted octanol–water partition coefficient (Wildman–Crippen LogP) is 1.73. The number of hydrogen-bond donors (Lipinski definition) is 1. The van der Waals surface area contributed by atoms with Crippen LogP contribution in [0.4, 0.5) is 0 Å². The van der Waals surface area contributed by atoms with Gasteiger partial charge in [-0.25, -0.2) is 0 Å². The third kappa shape index (κ3) is 5.50. The second-order valence-corrected chi connectivity index (χ2v) is 5.09. The van der Waals surface area contributed by atoms with Crippen LogP contribution in [0.15, 0.2) is 0 Å². The zero-order valence-corrected chi connectivity index (χ0v) is 11.2. The van der Waals surface area contributed by atoms with Gasteiger partial charge in [0.05, 0.1) is 13.7 Å². The Kier molecular flexibility index (Phi) is 6.52. The van der Waals surface area contributed by atoms with Crippen molar-refractivity contribution in [1.82, 2.24) is 5.32 Å². The average Bonchev–Trinajstić information content (AvgIpc) is 2.79. The van der Waals surface area contributed by atoms with Crippen LogP contribution in [-0.4, -0.2) is 38.4 Å². The Hall–Kier alpha value is -0.610. The van der Waals surface area contributed by atoms with Crippen molar-refractivity contribution < 1.29 is 14.3 Å². The normalized spacial score (nSPS) is 18.6. The van der Waals surface area contributed by atoms with E-state index in [1.165, 1.54) is 32.8 Å². The van der Waals surface area contributed by atoms with Gasteiger partial charge in [-0.05, 0) is 18.8 Å². The zero-order chi connectivity index (χ0) is 12.7. The van der Waals surface area contributed by atoms with E-state index in [1.54, 1.807) is 0 Å². The summed E-state index contributed by atoms with van der Waals surface area (Å²) in [5.41, 5.74) is 0. The molecule has 0 aromatic rings. The second-order valence-electron chi connectivity index (χ2n) is 5.09. The van der Waals surface area contributed by atoms with Gasteiger partial charge in [-0.2, -0.15) is 0 Å². The largest absolute Gasteiger partial charge is 0.468 e. The molecule has 1 aliphatic rings. The molecule has 0 aromatic heterocycles. The van der Waals surface area contributed by atoms with Gasteiger partial charge < -0.3 is 14.8 Å². The Balaban J connectivity index is 2.24. The number of esters is 1. The molecular weight excluding hydrogens is 218 g/mol. The molecule has 1 N–H and O–H groups in total. The van der Waals surface area contributed by atoms with Crippen molar-refractivity contribution in [2.45, 2.75) is 51.6 Å². The summed E-state index contributed by atoms with van der Waals surface area (Å²) in [7, 11) is 1.41. The van der Waals surface area contributed by atoms with Crippen molar-refractivity contribution in [3.8, 4) is 0 Å². The number of hydrogen-bond acceptors (Lipinski definition) is 4. The maximum atomic E-state index is 11.5. The maximum absolute atomic E-state index is 11.5. The molecule has 4 nitrogen and oxygen atoms in total. The van der Waals surface area contributed by atoms with Crippen LogP contribution in [-0.2, 0) is 14.3 Å². The molecule has 100 valence electrons. The van der Waals surface area contributed by atoms with Gasteiger partial charge in [0, 0.05) is 12.6 Å². The lowest BCUT2D eigenvalue weighted by atomic mass is 10.1. The average molecular weight is 243 g/mol. The number of rotatable bonds is 7. The van der Waals surface area contributed by atoms with Gasteiger partial charge in [0.15, 0.2) is 0 Å². The fraction of sp³-hybridized carbons (Fsp3) is 0.923. The van der Waals surface area contributed by atoms with Gasteiger partial charge in [-0.3, -0.25) is 4.79 Å². The molecule has 4 heteroatoms. The highest BCUT2D eigenvalue weighted by atomic mass is 16.5. The van der Waals surface area contributed by atoms with Crippen LogP contribution >= 0.6 is 0 Å². The van der Waals surface area contributed by atoms with Crippen molar-refractivity contribution in [3.05, 3.63) is 0 Å². The van der Waals surface area contributed by atoms with E-state index in [9.17, 15) is 4.79 Å². The molecule has 1 atom stereocenters. The first-order valence-electron chi connectivity index (χ1n) is 6.55. The lowest BCUT2D eigenvalue weighted by molar-refractivity contribution is -0.145. The molecule has 1 aliphatic carbocycles. The van der Waals surface area contributed by atoms with Crippen molar-refractivity contribution in [2.75, 3.05) is 20.3 Å². The quantitative estimate of drug-likeness (QED) is 0.692. The number of carbonyl (C=O) groups is 1. The maximum Gasteiger partial charge on any atom is 0.325 e. The molecule has 1 fully saturated rings.